The van der Waals surface area contributed by atoms with Crippen LogP contribution in [0.4, 0.5) is 11.5 Å². The monoisotopic (exact) mass is 906 g/mol. The minimum absolute atomic E-state index is 0.0851. The van der Waals surface area contributed by atoms with E-state index in [2.05, 4.69) is 231 Å². The Morgan fingerprint density at radius 2 is 0.803 bits per heavy atom. The Morgan fingerprint density at radius 1 is 0.366 bits per heavy atom. The SMILES string of the molecule is CC12CCCCC1(C)N(c1nccc3ccccc13)c1ccc(-c3cc(-c4cccc5ccccc45)c4ccc5c(-c6cccc7ccccc67)cc(-c6cccc7ccccc67)c6ccc3c4c65)cc12. The van der Waals surface area contributed by atoms with Gasteiger partial charge in [-0.2, -0.15) is 0 Å². The molecule has 1 aliphatic carbocycles. The summed E-state index contributed by atoms with van der Waals surface area (Å²) in [6.07, 6.45) is 6.67. The van der Waals surface area contributed by atoms with Crippen molar-refractivity contribution < 1.29 is 0 Å². The van der Waals surface area contributed by atoms with Gasteiger partial charge in [-0.1, -0.05) is 202 Å². The number of fused-ring (bicyclic) bond motifs is 7. The van der Waals surface area contributed by atoms with Crippen LogP contribution in [0.3, 0.4) is 0 Å². The minimum Gasteiger partial charge on any atom is -0.319 e. The number of benzene rings is 12. The van der Waals surface area contributed by atoms with Crippen molar-refractivity contribution in [2.75, 3.05) is 4.90 Å². The van der Waals surface area contributed by atoms with Gasteiger partial charge in [-0.25, -0.2) is 4.98 Å². The molecule has 1 aliphatic heterocycles. The highest BCUT2D eigenvalue weighted by molar-refractivity contribution is 6.33. The highest BCUT2D eigenvalue weighted by Gasteiger charge is 2.58. The molecule has 336 valence electrons. The van der Waals surface area contributed by atoms with Gasteiger partial charge in [0.05, 0.1) is 5.54 Å². The molecule has 2 heteroatoms. The minimum atomic E-state index is -0.143. The summed E-state index contributed by atoms with van der Waals surface area (Å²) >= 11 is 0. The lowest BCUT2D eigenvalue weighted by atomic mass is 9.61. The van der Waals surface area contributed by atoms with Crippen molar-refractivity contribution in [1.29, 1.82) is 0 Å². The normalized spacial score (nSPS) is 17.9. The van der Waals surface area contributed by atoms with Gasteiger partial charge >= 0.3 is 0 Å². The zero-order valence-corrected chi connectivity index (χ0v) is 40.0. The highest BCUT2D eigenvalue weighted by atomic mass is 15.3. The first-order valence-electron chi connectivity index (χ1n) is 25.5. The third-order valence-electron chi connectivity index (χ3n) is 17.4. The molecular formula is C69H50N2. The van der Waals surface area contributed by atoms with Crippen molar-refractivity contribution in [2.45, 2.75) is 50.5 Å². The summed E-state index contributed by atoms with van der Waals surface area (Å²) in [7, 11) is 0. The fourth-order valence-corrected chi connectivity index (χ4v) is 13.8. The van der Waals surface area contributed by atoms with Crippen LogP contribution in [-0.4, -0.2) is 10.5 Å². The van der Waals surface area contributed by atoms with Crippen molar-refractivity contribution >= 4 is 86.9 Å². The van der Waals surface area contributed by atoms with Gasteiger partial charge in [0.2, 0.25) is 0 Å². The van der Waals surface area contributed by atoms with Gasteiger partial charge in [0.1, 0.15) is 5.82 Å². The molecule has 0 saturated heterocycles. The van der Waals surface area contributed by atoms with E-state index < -0.39 is 0 Å². The molecule has 0 amide bonds. The van der Waals surface area contributed by atoms with Gasteiger partial charge in [0.25, 0.3) is 0 Å². The Labute approximate surface area is 413 Å². The molecule has 12 aromatic carbocycles. The van der Waals surface area contributed by atoms with E-state index in [1.54, 1.807) is 0 Å². The van der Waals surface area contributed by atoms with Crippen LogP contribution in [0.25, 0.3) is 120 Å². The first-order chi connectivity index (χ1) is 35.0. The average Bonchev–Trinajstić information content (AvgIpc) is 3.63. The van der Waals surface area contributed by atoms with E-state index in [-0.39, 0.29) is 11.0 Å². The molecular weight excluding hydrogens is 857 g/mol. The zero-order chi connectivity index (χ0) is 47.0. The second-order valence-corrected chi connectivity index (χ2v) is 20.8. The molecule has 13 aromatic rings. The molecule has 2 atom stereocenters. The molecule has 1 fully saturated rings. The molecule has 1 aromatic heterocycles. The third-order valence-corrected chi connectivity index (χ3v) is 17.4. The van der Waals surface area contributed by atoms with Crippen LogP contribution in [0, 0.1) is 0 Å². The number of rotatable bonds is 5. The first kappa shape index (κ1) is 40.5. The van der Waals surface area contributed by atoms with E-state index in [1.165, 1.54) is 144 Å². The van der Waals surface area contributed by atoms with Gasteiger partial charge in [-0.15, -0.1) is 0 Å². The smallest absolute Gasteiger partial charge is 0.141 e. The van der Waals surface area contributed by atoms with Crippen LogP contribution in [0.2, 0.25) is 0 Å². The van der Waals surface area contributed by atoms with E-state index >= 15 is 0 Å². The Hall–Kier alpha value is -8.33. The molecule has 71 heavy (non-hydrogen) atoms. The Bertz CT molecular complexity index is 4230. The van der Waals surface area contributed by atoms with Crippen molar-refractivity contribution in [3.63, 3.8) is 0 Å². The Morgan fingerprint density at radius 3 is 1.34 bits per heavy atom. The van der Waals surface area contributed by atoms with Crippen LogP contribution in [0.15, 0.2) is 219 Å². The lowest BCUT2D eigenvalue weighted by Crippen LogP contribution is -2.54. The van der Waals surface area contributed by atoms with Gasteiger partial charge < -0.3 is 4.90 Å². The molecule has 0 spiro atoms. The first-order valence-corrected chi connectivity index (χ1v) is 25.5. The zero-order valence-electron chi connectivity index (χ0n) is 40.0. The summed E-state index contributed by atoms with van der Waals surface area (Å²) in [5.74, 6) is 1.06. The van der Waals surface area contributed by atoms with Gasteiger partial charge in [0.15, 0.2) is 0 Å². The maximum atomic E-state index is 5.21. The second-order valence-electron chi connectivity index (χ2n) is 20.8. The summed E-state index contributed by atoms with van der Waals surface area (Å²) in [6, 6.07) is 80.2. The number of aromatic nitrogens is 1. The van der Waals surface area contributed by atoms with Crippen molar-refractivity contribution in [3.8, 4) is 44.5 Å². The van der Waals surface area contributed by atoms with E-state index in [0.29, 0.717) is 0 Å². The van der Waals surface area contributed by atoms with Crippen LogP contribution >= 0.6 is 0 Å². The predicted octanol–water partition coefficient (Wildman–Crippen LogP) is 19.0. The largest absolute Gasteiger partial charge is 0.319 e. The summed E-state index contributed by atoms with van der Waals surface area (Å²) in [4.78, 5) is 7.85. The maximum Gasteiger partial charge on any atom is 0.141 e. The van der Waals surface area contributed by atoms with E-state index in [4.69, 9.17) is 4.98 Å². The van der Waals surface area contributed by atoms with E-state index in [0.717, 1.165) is 18.7 Å². The predicted molar refractivity (Wildman–Crippen MR) is 303 cm³/mol. The third kappa shape index (κ3) is 5.68. The molecule has 2 aliphatic rings. The lowest BCUT2D eigenvalue weighted by Gasteiger charge is -2.50. The summed E-state index contributed by atoms with van der Waals surface area (Å²) < 4.78 is 0. The fraction of sp³-hybridized carbons (Fsp3) is 0.116. The van der Waals surface area contributed by atoms with E-state index in [9.17, 15) is 0 Å². The molecule has 15 rings (SSSR count). The second kappa shape index (κ2) is 15.1. The standard InChI is InChI=1S/C69H50N2/c1-68-37-11-12-38-69(68,2)71(67-51-26-10-6-19-46(51)36-39-70-67)64-35-30-47(40-63(64)68)59-41-60(52-27-13-20-43-16-3-7-23-48(43)52)56-33-34-58-62(54-29-15-22-45-18-5-9-25-50(45)54)42-61(57-32-31-55(59)65(56)66(57)58)53-28-14-21-44-17-4-8-24-49(44)53/h3-10,13-36,39-42H,11-12,37-38H2,1-2H3. The molecule has 2 heterocycles. The van der Waals surface area contributed by atoms with Crippen LogP contribution < -0.4 is 4.90 Å². The van der Waals surface area contributed by atoms with Gasteiger partial charge in [-0.3, -0.25) is 0 Å². The Kier molecular flexibility index (Phi) is 8.61. The lowest BCUT2D eigenvalue weighted by molar-refractivity contribution is 0.194. The maximum absolute atomic E-state index is 5.21. The quantitative estimate of drug-likeness (QED) is 0.160. The molecule has 0 N–H and O–H groups in total. The molecule has 0 radical (unpaired) electrons. The molecule has 0 bridgehead atoms. The number of hydrogen-bond acceptors (Lipinski definition) is 2. The van der Waals surface area contributed by atoms with Crippen LogP contribution in [0.5, 0.6) is 0 Å². The number of hydrogen-bond donors (Lipinski definition) is 0. The number of pyridine rings is 1. The average molecular weight is 907 g/mol. The summed E-state index contributed by atoms with van der Waals surface area (Å²) in [5.41, 5.74) is 12.6. The molecule has 2 unspecified atom stereocenters. The molecule has 2 nitrogen and oxygen atoms in total. The van der Waals surface area contributed by atoms with Gasteiger partial charge in [-0.05, 0) is 170 Å². The van der Waals surface area contributed by atoms with E-state index in [1.807, 2.05) is 6.20 Å². The van der Waals surface area contributed by atoms with Crippen LogP contribution in [-0.2, 0) is 5.41 Å². The number of anilines is 2. The summed E-state index contributed by atoms with van der Waals surface area (Å²) in [6.45, 7) is 5.07. The van der Waals surface area contributed by atoms with Crippen LogP contribution in [0.1, 0.15) is 45.1 Å². The topological polar surface area (TPSA) is 16.1 Å². The van der Waals surface area contributed by atoms with Crippen molar-refractivity contribution in [3.05, 3.63) is 224 Å². The molecule has 1 saturated carbocycles. The fourth-order valence-electron chi connectivity index (χ4n) is 13.8. The summed E-state index contributed by atoms with van der Waals surface area (Å²) in [5, 5.41) is 17.7. The Balaban J connectivity index is 1.07. The van der Waals surface area contributed by atoms with Crippen molar-refractivity contribution in [1.82, 2.24) is 4.98 Å². The number of nitrogens with zero attached hydrogens (tertiary/aromatic N) is 2. The van der Waals surface area contributed by atoms with Crippen molar-refractivity contribution in [2.24, 2.45) is 0 Å². The van der Waals surface area contributed by atoms with Gasteiger partial charge in [0, 0.05) is 22.7 Å². The highest BCUT2D eigenvalue weighted by Crippen LogP contribution is 2.62.